The van der Waals surface area contributed by atoms with Crippen molar-refractivity contribution in [3.8, 4) is 0 Å². The molecule has 1 radical (unpaired) electrons. The second-order valence-electron chi connectivity index (χ2n) is 9.29. The SMILES string of the molecule is CC(C)C(=O)N1C[C@H](c2ccc(F)c(Cl)c2)N(C(=O)C(=O)Nc2cn[c]c(C3CC3)c2)C[C@H]1C. The Morgan fingerprint density at radius 2 is 1.91 bits per heavy atom. The fourth-order valence-electron chi connectivity index (χ4n) is 4.24. The van der Waals surface area contributed by atoms with Gasteiger partial charge < -0.3 is 15.1 Å². The van der Waals surface area contributed by atoms with Crippen molar-refractivity contribution in [2.24, 2.45) is 5.92 Å². The van der Waals surface area contributed by atoms with Crippen LogP contribution in [0.2, 0.25) is 5.02 Å². The molecule has 179 valence electrons. The molecule has 1 saturated carbocycles. The van der Waals surface area contributed by atoms with Gasteiger partial charge in [-0.3, -0.25) is 19.4 Å². The Hall–Kier alpha value is -3.00. The Balaban J connectivity index is 1.59. The van der Waals surface area contributed by atoms with E-state index in [-0.39, 0.29) is 36.0 Å². The van der Waals surface area contributed by atoms with Gasteiger partial charge in [0.2, 0.25) is 5.91 Å². The van der Waals surface area contributed by atoms with Crippen LogP contribution in [0.4, 0.5) is 10.1 Å². The highest BCUT2D eigenvalue weighted by molar-refractivity contribution is 6.39. The van der Waals surface area contributed by atoms with Crippen LogP contribution in [-0.4, -0.2) is 51.6 Å². The molecule has 1 aromatic heterocycles. The monoisotopic (exact) mass is 485 g/mol. The summed E-state index contributed by atoms with van der Waals surface area (Å²) in [5.41, 5.74) is 1.90. The molecule has 1 saturated heterocycles. The van der Waals surface area contributed by atoms with Crippen LogP contribution in [0.5, 0.6) is 0 Å². The molecule has 3 amide bonds. The number of piperazine rings is 1. The number of carbonyl (C=O) groups excluding carboxylic acids is 3. The van der Waals surface area contributed by atoms with E-state index < -0.39 is 23.7 Å². The van der Waals surface area contributed by atoms with Gasteiger partial charge in [0, 0.05) is 25.0 Å². The molecule has 7 nitrogen and oxygen atoms in total. The predicted octanol–water partition coefficient (Wildman–Crippen LogP) is 3.95. The zero-order valence-electron chi connectivity index (χ0n) is 19.3. The number of nitrogens with zero attached hydrogens (tertiary/aromatic N) is 3. The molecule has 1 N–H and O–H groups in total. The van der Waals surface area contributed by atoms with Crippen molar-refractivity contribution in [3.63, 3.8) is 0 Å². The first-order valence-corrected chi connectivity index (χ1v) is 11.8. The molecule has 1 aromatic carbocycles. The van der Waals surface area contributed by atoms with Crippen molar-refractivity contribution < 1.29 is 18.8 Å². The van der Waals surface area contributed by atoms with Gasteiger partial charge in [0.25, 0.3) is 0 Å². The Morgan fingerprint density at radius 1 is 1.18 bits per heavy atom. The highest BCUT2D eigenvalue weighted by Gasteiger charge is 2.40. The molecule has 2 atom stereocenters. The lowest BCUT2D eigenvalue weighted by Gasteiger charge is -2.45. The van der Waals surface area contributed by atoms with Crippen molar-refractivity contribution in [2.45, 2.75) is 51.6 Å². The third kappa shape index (κ3) is 5.06. The highest BCUT2D eigenvalue weighted by Crippen LogP contribution is 2.40. The van der Waals surface area contributed by atoms with E-state index >= 15 is 0 Å². The molecule has 0 spiro atoms. The minimum absolute atomic E-state index is 0.0542. The van der Waals surface area contributed by atoms with E-state index in [1.54, 1.807) is 11.0 Å². The second kappa shape index (κ2) is 9.70. The van der Waals surface area contributed by atoms with Gasteiger partial charge in [-0.05, 0) is 55.0 Å². The third-order valence-electron chi connectivity index (χ3n) is 6.28. The number of hydrogen-bond acceptors (Lipinski definition) is 4. The lowest BCUT2D eigenvalue weighted by molar-refractivity contribution is -0.152. The second-order valence-corrected chi connectivity index (χ2v) is 9.70. The van der Waals surface area contributed by atoms with E-state index in [0.29, 0.717) is 17.2 Å². The number of rotatable bonds is 4. The zero-order chi connectivity index (χ0) is 24.6. The number of hydrogen-bond donors (Lipinski definition) is 1. The molecule has 1 aliphatic heterocycles. The molecular formula is C25H27ClFN4O3. The summed E-state index contributed by atoms with van der Waals surface area (Å²) >= 11 is 6.01. The van der Waals surface area contributed by atoms with Gasteiger partial charge in [0.1, 0.15) is 5.82 Å². The lowest BCUT2D eigenvalue weighted by Crippen LogP contribution is -2.59. The third-order valence-corrected chi connectivity index (χ3v) is 6.57. The summed E-state index contributed by atoms with van der Waals surface area (Å²) in [6.45, 7) is 5.78. The number of nitrogens with one attached hydrogen (secondary N) is 1. The van der Waals surface area contributed by atoms with Crippen molar-refractivity contribution in [1.29, 1.82) is 0 Å². The van der Waals surface area contributed by atoms with Crippen LogP contribution < -0.4 is 5.32 Å². The van der Waals surface area contributed by atoms with Crippen LogP contribution >= 0.6 is 11.6 Å². The fraction of sp³-hybridized carbons (Fsp3) is 0.440. The summed E-state index contributed by atoms with van der Waals surface area (Å²) < 4.78 is 13.8. The quantitative estimate of drug-likeness (QED) is 0.665. The molecule has 9 heteroatoms. The summed E-state index contributed by atoms with van der Waals surface area (Å²) in [6.07, 6.45) is 6.51. The maximum Gasteiger partial charge on any atom is 0.313 e. The summed E-state index contributed by atoms with van der Waals surface area (Å²) in [5, 5.41) is 2.55. The standard InChI is InChI=1S/C25H27ClFN4O3/c1-14(2)24(33)30-13-22(17-6-7-21(27)20(26)9-17)31(12-15(30)3)25(34)23(32)29-19-8-18(10-28-11-19)16-4-5-16/h6-9,11,14-16,22H,4-5,12-13H2,1-3H3,(H,29,32)/t15-,22-/m1/s1. The Bertz CT molecular complexity index is 1120. The van der Waals surface area contributed by atoms with E-state index in [0.717, 1.165) is 18.4 Å². The largest absolute Gasteiger partial charge is 0.336 e. The van der Waals surface area contributed by atoms with Crippen LogP contribution in [0.25, 0.3) is 0 Å². The van der Waals surface area contributed by atoms with Crippen LogP contribution in [0, 0.1) is 17.9 Å². The van der Waals surface area contributed by atoms with Crippen molar-refractivity contribution >= 4 is 35.0 Å². The fourth-order valence-corrected chi connectivity index (χ4v) is 4.43. The van der Waals surface area contributed by atoms with Gasteiger partial charge >= 0.3 is 11.8 Å². The van der Waals surface area contributed by atoms with E-state index in [4.69, 9.17) is 11.6 Å². The number of benzene rings is 1. The molecule has 2 fully saturated rings. The average molecular weight is 486 g/mol. The van der Waals surface area contributed by atoms with Gasteiger partial charge in [-0.1, -0.05) is 31.5 Å². The molecule has 2 aliphatic rings. The molecule has 0 unspecified atom stereocenters. The Morgan fingerprint density at radius 3 is 2.56 bits per heavy atom. The first kappa shape index (κ1) is 24.1. The maximum absolute atomic E-state index is 13.8. The topological polar surface area (TPSA) is 82.6 Å². The van der Waals surface area contributed by atoms with E-state index in [1.807, 2.05) is 20.8 Å². The van der Waals surface area contributed by atoms with E-state index in [1.165, 1.54) is 29.3 Å². The Labute approximate surface area is 203 Å². The van der Waals surface area contributed by atoms with Crippen LogP contribution in [0.3, 0.4) is 0 Å². The van der Waals surface area contributed by atoms with Gasteiger partial charge in [-0.15, -0.1) is 0 Å². The number of amides is 3. The smallest absolute Gasteiger partial charge is 0.313 e. The molecule has 34 heavy (non-hydrogen) atoms. The molecule has 1 aliphatic carbocycles. The van der Waals surface area contributed by atoms with Gasteiger partial charge in [-0.25, -0.2) is 4.39 Å². The van der Waals surface area contributed by atoms with Crippen LogP contribution in [0.15, 0.2) is 30.5 Å². The van der Waals surface area contributed by atoms with Crippen molar-refractivity contribution in [2.75, 3.05) is 18.4 Å². The van der Waals surface area contributed by atoms with E-state index in [2.05, 4.69) is 16.5 Å². The summed E-state index contributed by atoms with van der Waals surface area (Å²) in [4.78, 5) is 46.2. The first-order chi connectivity index (χ1) is 16.2. The molecule has 0 bridgehead atoms. The van der Waals surface area contributed by atoms with Gasteiger partial charge in [0.15, 0.2) is 0 Å². The number of carbonyl (C=O) groups is 3. The lowest BCUT2D eigenvalue weighted by atomic mass is 9.98. The molecule has 4 rings (SSSR count). The minimum atomic E-state index is -0.802. The van der Waals surface area contributed by atoms with Gasteiger partial charge in [0.05, 0.1) is 29.1 Å². The summed E-state index contributed by atoms with van der Waals surface area (Å²) in [7, 11) is 0. The summed E-state index contributed by atoms with van der Waals surface area (Å²) in [6, 6.07) is 5.02. The molecular weight excluding hydrogens is 459 g/mol. The minimum Gasteiger partial charge on any atom is -0.336 e. The number of anilines is 1. The van der Waals surface area contributed by atoms with Crippen LogP contribution in [-0.2, 0) is 14.4 Å². The van der Waals surface area contributed by atoms with E-state index in [9.17, 15) is 18.8 Å². The van der Waals surface area contributed by atoms with Crippen molar-refractivity contribution in [1.82, 2.24) is 14.8 Å². The molecule has 2 aromatic rings. The summed E-state index contributed by atoms with van der Waals surface area (Å²) in [5.74, 6) is -2.01. The highest BCUT2D eigenvalue weighted by atomic mass is 35.5. The molecule has 2 heterocycles. The van der Waals surface area contributed by atoms with Gasteiger partial charge in [-0.2, -0.15) is 0 Å². The number of halogens is 2. The number of aromatic nitrogens is 1. The maximum atomic E-state index is 13.8. The first-order valence-electron chi connectivity index (χ1n) is 11.4. The zero-order valence-corrected chi connectivity index (χ0v) is 20.1. The average Bonchev–Trinajstić information content (AvgIpc) is 3.65. The Kier molecular flexibility index (Phi) is 6.89. The predicted molar refractivity (Wildman–Crippen MR) is 126 cm³/mol. The number of pyridine rings is 1. The van der Waals surface area contributed by atoms with Crippen molar-refractivity contribution in [3.05, 3.63) is 58.6 Å². The van der Waals surface area contributed by atoms with Crippen LogP contribution in [0.1, 0.15) is 56.7 Å². The normalized spacial score (nSPS) is 20.4.